The topological polar surface area (TPSA) is 50.3 Å². The molecular weight excluding hydrogens is 341 g/mol. The molecule has 2 aromatic rings. The number of aromatic nitrogens is 2. The molecule has 1 fully saturated rings. The Morgan fingerprint density at radius 3 is 2.46 bits per heavy atom. The number of piperidine rings is 1. The van der Waals surface area contributed by atoms with E-state index in [9.17, 15) is 4.79 Å². The van der Waals surface area contributed by atoms with E-state index in [1.807, 2.05) is 16.7 Å². The number of rotatable bonds is 4. The Kier molecular flexibility index (Phi) is 5.14. The van der Waals surface area contributed by atoms with Crippen molar-refractivity contribution in [3.05, 3.63) is 28.7 Å². The van der Waals surface area contributed by atoms with Gasteiger partial charge < -0.3 is 14.2 Å². The average Bonchev–Trinajstić information content (AvgIpc) is 2.89. The maximum Gasteiger partial charge on any atom is 0.326 e. The number of benzene rings is 1. The first-order valence-electron chi connectivity index (χ1n) is 9.78. The normalized spacial score (nSPS) is 17.6. The van der Waals surface area contributed by atoms with E-state index in [1.54, 1.807) is 0 Å². The number of imidazole rings is 1. The third-order valence-corrected chi connectivity index (χ3v) is 10.6. The minimum atomic E-state index is -1.90. The summed E-state index contributed by atoms with van der Waals surface area (Å²) in [5, 5.41) is 0.146. The van der Waals surface area contributed by atoms with E-state index in [1.165, 1.54) is 0 Å². The van der Waals surface area contributed by atoms with Crippen LogP contribution in [0.1, 0.15) is 39.7 Å². The Hall–Kier alpha value is -1.47. The minimum absolute atomic E-state index is 0.000532. The lowest BCUT2D eigenvalue weighted by molar-refractivity contribution is 0.279. The smallest absolute Gasteiger partial charge is 0.326 e. The summed E-state index contributed by atoms with van der Waals surface area (Å²) >= 11 is 0. The summed E-state index contributed by atoms with van der Waals surface area (Å²) in [5.41, 5.74) is 1.87. The molecule has 1 aromatic carbocycles. The molecule has 0 radical (unpaired) electrons. The monoisotopic (exact) mass is 373 g/mol. The molecule has 1 aliphatic heterocycles. The number of fused-ring (bicyclic) bond motifs is 1. The summed E-state index contributed by atoms with van der Waals surface area (Å²) in [7, 11) is -0.818. The van der Waals surface area contributed by atoms with Gasteiger partial charge in [0.15, 0.2) is 0 Å². The SMILES string of the molecule is CBN1CCC(n2c(=O)[nH]c3ccc(O[Si](C)(C)C(C)(C)C)cc32)CC1. The van der Waals surface area contributed by atoms with Gasteiger partial charge in [0.25, 0.3) is 0 Å². The Morgan fingerprint density at radius 2 is 1.88 bits per heavy atom. The summed E-state index contributed by atoms with van der Waals surface area (Å²) in [4.78, 5) is 18.1. The largest absolute Gasteiger partial charge is 0.543 e. The lowest BCUT2D eigenvalue weighted by Gasteiger charge is -2.36. The zero-order valence-corrected chi connectivity index (χ0v) is 18.1. The van der Waals surface area contributed by atoms with E-state index < -0.39 is 8.32 Å². The van der Waals surface area contributed by atoms with Crippen LogP contribution < -0.4 is 10.1 Å². The van der Waals surface area contributed by atoms with Crippen LogP contribution in [-0.2, 0) is 0 Å². The number of hydrogen-bond donors (Lipinski definition) is 1. The second-order valence-corrected chi connectivity index (χ2v) is 13.7. The van der Waals surface area contributed by atoms with Crippen molar-refractivity contribution in [3.63, 3.8) is 0 Å². The van der Waals surface area contributed by atoms with Gasteiger partial charge in [0.2, 0.25) is 15.7 Å². The predicted octanol–water partition coefficient (Wildman–Crippen LogP) is 3.75. The van der Waals surface area contributed by atoms with Gasteiger partial charge in [-0.1, -0.05) is 27.6 Å². The van der Waals surface area contributed by atoms with Crippen molar-refractivity contribution < 1.29 is 4.43 Å². The van der Waals surface area contributed by atoms with Gasteiger partial charge >= 0.3 is 5.69 Å². The number of H-pyrrole nitrogens is 1. The van der Waals surface area contributed by atoms with Gasteiger partial charge in [-0.25, -0.2) is 4.79 Å². The Labute approximate surface area is 158 Å². The fourth-order valence-electron chi connectivity index (χ4n) is 3.47. The summed E-state index contributed by atoms with van der Waals surface area (Å²) in [5.74, 6) is 0.878. The standard InChI is InChI=1S/C19H32BN3O2Si/c1-19(2,3)26(5,6)25-15-7-8-16-17(13-15)23(18(24)21-16)14-9-11-22(20-4)12-10-14/h7-8,13-14,20H,9-12H2,1-6H3,(H,21,24). The van der Waals surface area contributed by atoms with Crippen LogP contribution in [0.25, 0.3) is 11.0 Å². The molecular formula is C19H32BN3O2Si. The van der Waals surface area contributed by atoms with Crippen molar-refractivity contribution >= 4 is 26.8 Å². The summed E-state index contributed by atoms with van der Waals surface area (Å²) in [6.45, 7) is 15.5. The highest BCUT2D eigenvalue weighted by Gasteiger charge is 2.39. The lowest BCUT2D eigenvalue weighted by Crippen LogP contribution is -2.43. The average molecular weight is 373 g/mol. The van der Waals surface area contributed by atoms with Gasteiger partial charge in [0.1, 0.15) is 5.75 Å². The number of nitrogens with one attached hydrogen (secondary N) is 1. The molecule has 0 aliphatic carbocycles. The highest BCUT2D eigenvalue weighted by atomic mass is 28.4. The Bertz CT molecular complexity index is 829. The van der Waals surface area contributed by atoms with E-state index >= 15 is 0 Å². The highest BCUT2D eigenvalue weighted by molar-refractivity contribution is 6.74. The van der Waals surface area contributed by atoms with Crippen LogP contribution in [0.2, 0.25) is 25.0 Å². The molecule has 0 amide bonds. The number of nitrogens with zero attached hydrogens (tertiary/aromatic N) is 2. The molecule has 1 N–H and O–H groups in total. The molecule has 0 saturated carbocycles. The van der Waals surface area contributed by atoms with E-state index in [2.05, 4.69) is 56.5 Å². The molecule has 26 heavy (non-hydrogen) atoms. The summed E-state index contributed by atoms with van der Waals surface area (Å²) in [6, 6.07) is 6.29. The molecule has 1 aromatic heterocycles. The third kappa shape index (κ3) is 3.65. The van der Waals surface area contributed by atoms with E-state index in [0.717, 1.165) is 50.1 Å². The van der Waals surface area contributed by atoms with Crippen molar-refractivity contribution in [1.82, 2.24) is 14.4 Å². The Morgan fingerprint density at radius 1 is 1.23 bits per heavy atom. The second-order valence-electron chi connectivity index (χ2n) is 9.01. The molecule has 0 unspecified atom stereocenters. The van der Waals surface area contributed by atoms with E-state index in [0.29, 0.717) is 0 Å². The molecule has 1 aliphatic rings. The highest BCUT2D eigenvalue weighted by Crippen LogP contribution is 2.38. The predicted molar refractivity (Wildman–Crippen MR) is 113 cm³/mol. The van der Waals surface area contributed by atoms with Crippen LogP contribution in [0.15, 0.2) is 23.0 Å². The van der Waals surface area contributed by atoms with Gasteiger partial charge in [-0.3, -0.25) is 4.57 Å². The van der Waals surface area contributed by atoms with Crippen molar-refractivity contribution in [2.24, 2.45) is 0 Å². The van der Waals surface area contributed by atoms with Crippen LogP contribution >= 0.6 is 0 Å². The molecule has 0 atom stereocenters. The first-order valence-corrected chi connectivity index (χ1v) is 12.7. The van der Waals surface area contributed by atoms with Crippen molar-refractivity contribution in [2.75, 3.05) is 13.1 Å². The second kappa shape index (κ2) is 6.93. The van der Waals surface area contributed by atoms with E-state index in [4.69, 9.17) is 4.43 Å². The zero-order chi connectivity index (χ0) is 19.1. The Balaban J connectivity index is 1.93. The van der Waals surface area contributed by atoms with Crippen LogP contribution in [0, 0.1) is 0 Å². The van der Waals surface area contributed by atoms with Crippen molar-refractivity contribution in [2.45, 2.75) is 64.6 Å². The number of aromatic amines is 1. The van der Waals surface area contributed by atoms with Crippen molar-refractivity contribution in [1.29, 1.82) is 0 Å². The van der Waals surface area contributed by atoms with Gasteiger partial charge in [-0.05, 0) is 56.2 Å². The fraction of sp³-hybridized carbons (Fsp3) is 0.632. The summed E-state index contributed by atoms with van der Waals surface area (Å²) < 4.78 is 8.42. The maximum atomic E-state index is 12.6. The van der Waals surface area contributed by atoms with Crippen LogP contribution in [0.3, 0.4) is 0 Å². The first kappa shape index (κ1) is 19.3. The molecule has 5 nitrogen and oxygen atoms in total. The molecule has 1 saturated heterocycles. The minimum Gasteiger partial charge on any atom is -0.543 e. The van der Waals surface area contributed by atoms with Gasteiger partial charge in [0, 0.05) is 12.1 Å². The molecule has 0 spiro atoms. The van der Waals surface area contributed by atoms with Crippen LogP contribution in [0.4, 0.5) is 0 Å². The zero-order valence-electron chi connectivity index (χ0n) is 17.1. The molecule has 142 valence electrons. The number of hydrogen-bond acceptors (Lipinski definition) is 3. The fourth-order valence-corrected chi connectivity index (χ4v) is 4.49. The molecule has 2 heterocycles. The molecule has 0 bridgehead atoms. The molecule has 3 rings (SSSR count). The molecule has 7 heteroatoms. The van der Waals surface area contributed by atoms with Crippen molar-refractivity contribution in [3.8, 4) is 5.75 Å². The van der Waals surface area contributed by atoms with Gasteiger partial charge in [-0.15, -0.1) is 0 Å². The first-order chi connectivity index (χ1) is 12.1. The van der Waals surface area contributed by atoms with E-state index in [-0.39, 0.29) is 16.8 Å². The maximum absolute atomic E-state index is 12.6. The quantitative estimate of drug-likeness (QED) is 0.831. The third-order valence-electron chi connectivity index (χ3n) is 6.24. The van der Waals surface area contributed by atoms with Gasteiger partial charge in [0.05, 0.1) is 11.0 Å². The van der Waals surface area contributed by atoms with Crippen LogP contribution in [-0.4, -0.2) is 43.2 Å². The van der Waals surface area contributed by atoms with Crippen LogP contribution in [0.5, 0.6) is 5.75 Å². The summed E-state index contributed by atoms with van der Waals surface area (Å²) in [6.07, 6.45) is 2.04. The lowest BCUT2D eigenvalue weighted by atomic mass is 9.90. The van der Waals surface area contributed by atoms with Gasteiger partial charge in [-0.2, -0.15) is 0 Å².